The molecular weight excluding hydrogens is 236 g/mol. The molecule has 6 nitrogen and oxygen atoms in total. The predicted molar refractivity (Wildman–Crippen MR) is 61.0 cm³/mol. The number of carboxylic acids is 1. The number of hydrogen-bond acceptors (Lipinski definition) is 5. The first kappa shape index (κ1) is 15.9. The summed E-state index contributed by atoms with van der Waals surface area (Å²) in [7, 11) is 0. The number of carbonyl (C=O) groups excluding carboxylic acids is 1. The fourth-order valence-corrected chi connectivity index (χ4v) is 1.48. The van der Waals surface area contributed by atoms with Crippen LogP contribution < -0.4 is 0 Å². The molecule has 0 bridgehead atoms. The Morgan fingerprint density at radius 3 is 2.11 bits per heavy atom. The van der Waals surface area contributed by atoms with E-state index in [9.17, 15) is 9.59 Å². The lowest BCUT2D eigenvalue weighted by molar-refractivity contribution is -0.151. The fourth-order valence-electron chi connectivity index (χ4n) is 1.48. The Morgan fingerprint density at radius 1 is 1.22 bits per heavy atom. The summed E-state index contributed by atoms with van der Waals surface area (Å²) in [5, 5.41) is 26.7. The van der Waals surface area contributed by atoms with E-state index in [1.165, 1.54) is 20.8 Å². The van der Waals surface area contributed by atoms with Crippen molar-refractivity contribution in [2.75, 3.05) is 0 Å². The number of nitrogens with zero attached hydrogens (tertiary/aromatic N) is 2. The van der Waals surface area contributed by atoms with Gasteiger partial charge in [0.1, 0.15) is 6.07 Å². The molecule has 1 N–H and O–H groups in total. The van der Waals surface area contributed by atoms with E-state index in [1.54, 1.807) is 0 Å². The average molecular weight is 252 g/mol. The van der Waals surface area contributed by atoms with Crippen molar-refractivity contribution in [3.8, 4) is 12.1 Å². The van der Waals surface area contributed by atoms with Crippen LogP contribution >= 0.6 is 0 Å². The van der Waals surface area contributed by atoms with E-state index < -0.39 is 23.0 Å². The van der Waals surface area contributed by atoms with Crippen LogP contribution in [0.4, 0.5) is 0 Å². The summed E-state index contributed by atoms with van der Waals surface area (Å²) in [6.45, 7) is 4.13. The molecule has 0 radical (unpaired) electrons. The first-order valence-electron chi connectivity index (χ1n) is 5.40. The second-order valence-corrected chi connectivity index (χ2v) is 4.68. The van der Waals surface area contributed by atoms with Gasteiger partial charge in [0.15, 0.2) is 5.60 Å². The van der Waals surface area contributed by atoms with E-state index in [0.717, 1.165) is 0 Å². The summed E-state index contributed by atoms with van der Waals surface area (Å²) in [6.07, 6.45) is -0.0430. The lowest BCUT2D eigenvalue weighted by atomic mass is 9.81. The first-order valence-corrected chi connectivity index (χ1v) is 5.40. The largest absolute Gasteiger partial charge is 0.481 e. The van der Waals surface area contributed by atoms with Crippen LogP contribution in [-0.4, -0.2) is 22.6 Å². The zero-order valence-electron chi connectivity index (χ0n) is 10.7. The molecule has 0 fully saturated rings. The lowest BCUT2D eigenvalue weighted by Crippen LogP contribution is -2.31. The van der Waals surface area contributed by atoms with E-state index in [1.807, 2.05) is 12.1 Å². The molecule has 0 aromatic rings. The van der Waals surface area contributed by atoms with Crippen LogP contribution in [0.25, 0.3) is 0 Å². The number of esters is 1. The van der Waals surface area contributed by atoms with Crippen LogP contribution in [0.2, 0.25) is 0 Å². The molecule has 2 atom stereocenters. The van der Waals surface area contributed by atoms with E-state index in [-0.39, 0.29) is 19.3 Å². The zero-order chi connectivity index (χ0) is 14.4. The molecule has 0 saturated carbocycles. The molecule has 0 amide bonds. The van der Waals surface area contributed by atoms with Crippen molar-refractivity contribution >= 4 is 11.9 Å². The van der Waals surface area contributed by atoms with E-state index in [2.05, 4.69) is 0 Å². The van der Waals surface area contributed by atoms with Gasteiger partial charge in [-0.25, -0.2) is 0 Å². The molecule has 0 unspecified atom stereocenters. The van der Waals surface area contributed by atoms with Gasteiger partial charge in [0.05, 0.1) is 17.9 Å². The Balaban J connectivity index is 4.71. The maximum atomic E-state index is 10.9. The van der Waals surface area contributed by atoms with Crippen molar-refractivity contribution in [1.82, 2.24) is 0 Å². The Morgan fingerprint density at radius 2 is 1.78 bits per heavy atom. The van der Waals surface area contributed by atoms with Crippen molar-refractivity contribution in [3.05, 3.63) is 0 Å². The first-order chi connectivity index (χ1) is 8.16. The predicted octanol–water partition coefficient (Wildman–Crippen LogP) is 1.62. The molecule has 0 aliphatic rings. The Bertz CT molecular complexity index is 381. The molecular formula is C12H16N2O4. The van der Waals surface area contributed by atoms with Gasteiger partial charge in [0.25, 0.3) is 0 Å². The summed E-state index contributed by atoms with van der Waals surface area (Å²) < 4.78 is 4.88. The summed E-state index contributed by atoms with van der Waals surface area (Å²) in [6, 6.07) is 3.79. The van der Waals surface area contributed by atoms with E-state index in [4.69, 9.17) is 20.4 Å². The minimum atomic E-state index is -1.33. The van der Waals surface area contributed by atoms with Gasteiger partial charge in [0.2, 0.25) is 0 Å². The highest BCUT2D eigenvalue weighted by Crippen LogP contribution is 2.31. The molecule has 0 rings (SSSR count). The Hall–Kier alpha value is -2.08. The number of rotatable bonds is 6. The number of aliphatic carboxylic acids is 1. The zero-order valence-corrected chi connectivity index (χ0v) is 10.7. The highest BCUT2D eigenvalue weighted by atomic mass is 16.6. The minimum Gasteiger partial charge on any atom is -0.481 e. The molecule has 0 heterocycles. The molecule has 0 aliphatic carbocycles. The van der Waals surface area contributed by atoms with Crippen LogP contribution in [0, 0.1) is 28.1 Å². The molecule has 6 heteroatoms. The van der Waals surface area contributed by atoms with Gasteiger partial charge in [-0.3, -0.25) is 9.59 Å². The van der Waals surface area contributed by atoms with Gasteiger partial charge in [-0.05, 0) is 20.3 Å². The van der Waals surface area contributed by atoms with Crippen LogP contribution in [-0.2, 0) is 14.3 Å². The molecule has 98 valence electrons. The molecule has 0 aromatic heterocycles. The molecule has 0 aliphatic heterocycles. The Kier molecular flexibility index (Phi) is 5.32. The van der Waals surface area contributed by atoms with Crippen molar-refractivity contribution < 1.29 is 19.4 Å². The molecule has 0 spiro atoms. The van der Waals surface area contributed by atoms with Gasteiger partial charge in [-0.1, -0.05) is 0 Å². The number of carboxylic acid groups (broad SMARTS) is 1. The standard InChI is InChI=1S/C12H16N2O4/c1-9(15)18-12(3,8-14)5-4-11(2,7-13)6-10(16)17/h4-6H2,1-3H3,(H,16,17)/t11-,12-/m1/s1. The number of carbonyl (C=O) groups is 2. The second kappa shape index (κ2) is 6.02. The van der Waals surface area contributed by atoms with Crippen LogP contribution in [0.1, 0.15) is 40.0 Å². The van der Waals surface area contributed by atoms with E-state index in [0.29, 0.717) is 0 Å². The third kappa shape index (κ3) is 5.31. The molecule has 0 saturated heterocycles. The SMILES string of the molecule is CC(=O)O[C@@](C)(C#N)CC[C@@](C)(C#N)CC(=O)O. The van der Waals surface area contributed by atoms with Crippen molar-refractivity contribution in [3.63, 3.8) is 0 Å². The maximum Gasteiger partial charge on any atom is 0.304 e. The number of ether oxygens (including phenoxy) is 1. The fraction of sp³-hybridized carbons (Fsp3) is 0.667. The quantitative estimate of drug-likeness (QED) is 0.719. The van der Waals surface area contributed by atoms with Crippen molar-refractivity contribution in [2.24, 2.45) is 5.41 Å². The second-order valence-electron chi connectivity index (χ2n) is 4.68. The third-order valence-corrected chi connectivity index (χ3v) is 2.57. The van der Waals surface area contributed by atoms with Gasteiger partial charge in [-0.2, -0.15) is 10.5 Å². The maximum absolute atomic E-state index is 10.9. The monoisotopic (exact) mass is 252 g/mol. The lowest BCUT2D eigenvalue weighted by Gasteiger charge is -2.26. The smallest absolute Gasteiger partial charge is 0.304 e. The third-order valence-electron chi connectivity index (χ3n) is 2.57. The summed E-state index contributed by atoms with van der Waals surface area (Å²) in [4.78, 5) is 21.5. The highest BCUT2D eigenvalue weighted by Gasteiger charge is 2.34. The normalized spacial score (nSPS) is 16.5. The van der Waals surface area contributed by atoms with Gasteiger partial charge in [-0.15, -0.1) is 0 Å². The van der Waals surface area contributed by atoms with Crippen molar-refractivity contribution in [2.45, 2.75) is 45.6 Å². The molecule has 0 aromatic carbocycles. The summed E-state index contributed by atoms with van der Waals surface area (Å²) >= 11 is 0. The van der Waals surface area contributed by atoms with Crippen LogP contribution in [0.15, 0.2) is 0 Å². The summed E-state index contributed by atoms with van der Waals surface area (Å²) in [5.41, 5.74) is -2.41. The van der Waals surface area contributed by atoms with Gasteiger partial charge >= 0.3 is 11.9 Å². The highest BCUT2D eigenvalue weighted by molar-refractivity contribution is 5.68. The van der Waals surface area contributed by atoms with E-state index >= 15 is 0 Å². The molecule has 18 heavy (non-hydrogen) atoms. The minimum absolute atomic E-state index is 0.112. The van der Waals surface area contributed by atoms with Gasteiger partial charge < -0.3 is 9.84 Å². The summed E-state index contributed by atoms with van der Waals surface area (Å²) in [5.74, 6) is -1.67. The average Bonchev–Trinajstić information content (AvgIpc) is 2.25. The number of hydrogen-bond donors (Lipinski definition) is 1. The Labute approximate surface area is 106 Å². The van der Waals surface area contributed by atoms with Crippen molar-refractivity contribution in [1.29, 1.82) is 10.5 Å². The number of nitriles is 2. The van der Waals surface area contributed by atoms with Crippen LogP contribution in [0.5, 0.6) is 0 Å². The van der Waals surface area contributed by atoms with Crippen LogP contribution in [0.3, 0.4) is 0 Å². The van der Waals surface area contributed by atoms with Gasteiger partial charge in [0, 0.05) is 13.3 Å². The topological polar surface area (TPSA) is 111 Å².